The molecule has 0 saturated heterocycles. The van der Waals surface area contributed by atoms with Gasteiger partial charge in [-0.1, -0.05) is 29.8 Å². The maximum Gasteiger partial charge on any atom is 0.358 e. The van der Waals surface area contributed by atoms with Crippen molar-refractivity contribution in [3.8, 4) is 11.3 Å². The van der Waals surface area contributed by atoms with Crippen LogP contribution in [0.1, 0.15) is 50.5 Å². The molecule has 190 valence electrons. The van der Waals surface area contributed by atoms with E-state index in [4.69, 9.17) is 25.5 Å². The van der Waals surface area contributed by atoms with Gasteiger partial charge in [-0.3, -0.25) is 4.79 Å². The number of aromatic nitrogens is 1. The number of esters is 2. The Kier molecular flexibility index (Phi) is 7.31. The third-order valence-corrected chi connectivity index (χ3v) is 6.23. The molecule has 9 heteroatoms. The Balaban J connectivity index is 1.87. The van der Waals surface area contributed by atoms with E-state index in [0.29, 0.717) is 44.7 Å². The molecular weight excluding hydrogens is 496 g/mol. The fraction of sp³-hybridized carbons (Fsp3) is 0.214. The van der Waals surface area contributed by atoms with Crippen LogP contribution in [-0.4, -0.2) is 31.1 Å². The Labute approximate surface area is 218 Å². The summed E-state index contributed by atoms with van der Waals surface area (Å²) in [7, 11) is 2.57. The van der Waals surface area contributed by atoms with E-state index >= 15 is 0 Å². The van der Waals surface area contributed by atoms with Gasteiger partial charge in [0.05, 0.1) is 36.9 Å². The van der Waals surface area contributed by atoms with E-state index in [1.807, 2.05) is 19.9 Å². The number of pyridine rings is 1. The van der Waals surface area contributed by atoms with Crippen LogP contribution < -0.4 is 10.7 Å². The molecule has 0 bridgehead atoms. The van der Waals surface area contributed by atoms with Crippen molar-refractivity contribution in [2.75, 3.05) is 19.5 Å². The Morgan fingerprint density at radius 2 is 1.76 bits per heavy atom. The van der Waals surface area contributed by atoms with Crippen molar-refractivity contribution in [1.82, 2.24) is 4.98 Å². The molecule has 0 aliphatic rings. The molecule has 1 unspecified atom stereocenters. The highest BCUT2D eigenvalue weighted by atomic mass is 35.5. The zero-order valence-electron chi connectivity index (χ0n) is 21.0. The fourth-order valence-electron chi connectivity index (χ4n) is 4.18. The van der Waals surface area contributed by atoms with E-state index in [1.54, 1.807) is 49.4 Å². The zero-order valence-corrected chi connectivity index (χ0v) is 21.7. The Morgan fingerprint density at radius 1 is 1.03 bits per heavy atom. The van der Waals surface area contributed by atoms with Gasteiger partial charge in [0.2, 0.25) is 0 Å². The monoisotopic (exact) mass is 520 g/mol. The van der Waals surface area contributed by atoms with Gasteiger partial charge in [-0.05, 0) is 56.7 Å². The van der Waals surface area contributed by atoms with Gasteiger partial charge in [-0.15, -0.1) is 0 Å². The third-order valence-electron chi connectivity index (χ3n) is 6.02. The minimum atomic E-state index is -0.638. The van der Waals surface area contributed by atoms with Crippen LogP contribution in [0.3, 0.4) is 0 Å². The SMILES string of the molecule is COC(=O)c1cccc(-c2oc3c(C(C)Nc4ccc(Cl)nc4C(=O)OC)cc(C)cc3c(=O)c2C)c1. The predicted octanol–water partition coefficient (Wildman–Crippen LogP) is 5.87. The van der Waals surface area contributed by atoms with Crippen LogP contribution in [0, 0.1) is 13.8 Å². The highest BCUT2D eigenvalue weighted by Crippen LogP contribution is 2.33. The van der Waals surface area contributed by atoms with Gasteiger partial charge in [-0.25, -0.2) is 14.6 Å². The number of nitrogens with one attached hydrogen (secondary N) is 1. The second kappa shape index (κ2) is 10.4. The number of nitrogens with zero attached hydrogens (tertiary/aromatic N) is 1. The number of benzene rings is 2. The normalized spacial score (nSPS) is 11.7. The van der Waals surface area contributed by atoms with Crippen molar-refractivity contribution in [2.45, 2.75) is 26.8 Å². The molecular formula is C28H25ClN2O6. The summed E-state index contributed by atoms with van der Waals surface area (Å²) in [5.74, 6) is -0.778. The molecule has 0 aliphatic carbocycles. The van der Waals surface area contributed by atoms with Crippen LogP contribution in [0.25, 0.3) is 22.3 Å². The molecule has 4 aromatic rings. The molecule has 1 atom stereocenters. The molecule has 2 aromatic heterocycles. The standard InChI is InChI=1S/C28H25ClN2O6/c1-14-11-19(16(3)30-21-9-10-22(29)31-23(21)28(34)36-5)26-20(12-14)24(32)15(2)25(37-26)17-7-6-8-18(13-17)27(33)35-4/h6-13,16,30H,1-5H3. The predicted molar refractivity (Wildman–Crippen MR) is 141 cm³/mol. The lowest BCUT2D eigenvalue weighted by atomic mass is 9.98. The van der Waals surface area contributed by atoms with Gasteiger partial charge >= 0.3 is 11.9 Å². The topological polar surface area (TPSA) is 108 Å². The van der Waals surface area contributed by atoms with Gasteiger partial charge in [0.25, 0.3) is 0 Å². The Hall–Kier alpha value is -4.17. The first-order valence-corrected chi connectivity index (χ1v) is 11.8. The van der Waals surface area contributed by atoms with E-state index in [2.05, 4.69) is 10.3 Å². The summed E-state index contributed by atoms with van der Waals surface area (Å²) >= 11 is 5.99. The Bertz CT molecular complexity index is 1590. The van der Waals surface area contributed by atoms with Crippen molar-refractivity contribution in [1.29, 1.82) is 0 Å². The van der Waals surface area contributed by atoms with Crippen molar-refractivity contribution < 1.29 is 23.5 Å². The van der Waals surface area contributed by atoms with Gasteiger partial charge in [0, 0.05) is 16.7 Å². The highest BCUT2D eigenvalue weighted by Gasteiger charge is 2.22. The molecule has 0 spiro atoms. The number of rotatable bonds is 6. The van der Waals surface area contributed by atoms with Gasteiger partial charge in [0.15, 0.2) is 11.1 Å². The first-order valence-electron chi connectivity index (χ1n) is 11.4. The third kappa shape index (κ3) is 5.06. The van der Waals surface area contributed by atoms with E-state index in [-0.39, 0.29) is 16.3 Å². The summed E-state index contributed by atoms with van der Waals surface area (Å²) in [6.45, 7) is 5.46. The summed E-state index contributed by atoms with van der Waals surface area (Å²) in [5.41, 5.74) is 3.56. The number of carbonyl (C=O) groups excluding carboxylic acids is 2. The number of ether oxygens (including phenoxy) is 2. The number of anilines is 1. The number of methoxy groups -OCH3 is 2. The molecule has 0 amide bonds. The molecule has 0 saturated carbocycles. The van der Waals surface area contributed by atoms with Gasteiger partial charge in [-0.2, -0.15) is 0 Å². The van der Waals surface area contributed by atoms with Crippen molar-refractivity contribution in [3.05, 3.63) is 91.9 Å². The van der Waals surface area contributed by atoms with Crippen LogP contribution >= 0.6 is 11.6 Å². The summed E-state index contributed by atoms with van der Waals surface area (Å²) in [6.07, 6.45) is 0. The molecule has 2 heterocycles. The quantitative estimate of drug-likeness (QED) is 0.248. The second-order valence-electron chi connectivity index (χ2n) is 8.58. The van der Waals surface area contributed by atoms with Crippen molar-refractivity contribution in [2.24, 2.45) is 0 Å². The van der Waals surface area contributed by atoms with Crippen LogP contribution in [-0.2, 0) is 9.47 Å². The molecule has 2 aromatic carbocycles. The van der Waals surface area contributed by atoms with Crippen LogP contribution in [0.5, 0.6) is 0 Å². The molecule has 0 aliphatic heterocycles. The summed E-state index contributed by atoms with van der Waals surface area (Å²) in [4.78, 5) is 41.9. The summed E-state index contributed by atoms with van der Waals surface area (Å²) in [5, 5.41) is 3.85. The van der Waals surface area contributed by atoms with E-state index in [1.165, 1.54) is 14.2 Å². The highest BCUT2D eigenvalue weighted by molar-refractivity contribution is 6.29. The van der Waals surface area contributed by atoms with Crippen LogP contribution in [0.4, 0.5) is 5.69 Å². The zero-order chi connectivity index (χ0) is 26.9. The number of hydrogen-bond acceptors (Lipinski definition) is 8. The molecule has 4 rings (SSSR count). The van der Waals surface area contributed by atoms with E-state index < -0.39 is 18.0 Å². The second-order valence-corrected chi connectivity index (χ2v) is 8.96. The molecule has 8 nitrogen and oxygen atoms in total. The fourth-order valence-corrected chi connectivity index (χ4v) is 4.33. The van der Waals surface area contributed by atoms with Gasteiger partial charge < -0.3 is 19.2 Å². The summed E-state index contributed by atoms with van der Waals surface area (Å²) in [6, 6.07) is 13.2. The smallest absolute Gasteiger partial charge is 0.358 e. The number of hydrogen-bond donors (Lipinski definition) is 1. The maximum atomic E-state index is 13.4. The number of halogens is 1. The lowest BCUT2D eigenvalue weighted by Gasteiger charge is -2.20. The minimum Gasteiger partial charge on any atom is -0.465 e. The molecule has 37 heavy (non-hydrogen) atoms. The van der Waals surface area contributed by atoms with E-state index in [0.717, 1.165) is 5.56 Å². The largest absolute Gasteiger partial charge is 0.465 e. The van der Waals surface area contributed by atoms with Crippen LogP contribution in [0.15, 0.2) is 57.7 Å². The Morgan fingerprint density at radius 3 is 2.46 bits per heavy atom. The number of aryl methyl sites for hydroxylation is 1. The average molecular weight is 521 g/mol. The number of carbonyl (C=O) groups is 2. The minimum absolute atomic E-state index is 0.0384. The molecule has 1 N–H and O–H groups in total. The first kappa shape index (κ1) is 25.9. The first-order chi connectivity index (χ1) is 17.6. The molecule has 0 radical (unpaired) electrons. The number of fused-ring (bicyclic) bond motifs is 1. The molecule has 0 fully saturated rings. The lowest BCUT2D eigenvalue weighted by Crippen LogP contribution is -2.15. The van der Waals surface area contributed by atoms with E-state index in [9.17, 15) is 14.4 Å². The van der Waals surface area contributed by atoms with Crippen molar-refractivity contribution in [3.63, 3.8) is 0 Å². The lowest BCUT2D eigenvalue weighted by molar-refractivity contribution is 0.0588. The summed E-state index contributed by atoms with van der Waals surface area (Å²) < 4.78 is 16.0. The average Bonchev–Trinajstić information content (AvgIpc) is 2.90. The van der Waals surface area contributed by atoms with Crippen LogP contribution in [0.2, 0.25) is 5.15 Å². The van der Waals surface area contributed by atoms with Crippen molar-refractivity contribution >= 4 is 40.2 Å². The maximum absolute atomic E-state index is 13.4. The van der Waals surface area contributed by atoms with Gasteiger partial charge in [0.1, 0.15) is 16.5 Å².